The van der Waals surface area contributed by atoms with Crippen LogP contribution < -0.4 is 20.7 Å². The second-order valence-corrected chi connectivity index (χ2v) is 21.3. The number of benzene rings is 5. The van der Waals surface area contributed by atoms with Crippen LogP contribution in [0.3, 0.4) is 0 Å². The molecule has 0 bridgehead atoms. The van der Waals surface area contributed by atoms with Gasteiger partial charge in [-0.1, -0.05) is 6.07 Å². The Morgan fingerprint density at radius 2 is 1.09 bits per heavy atom. The molecule has 1 atom stereocenters. The number of aromatic nitrogens is 3. The quantitative estimate of drug-likeness (QED) is 0.0247. The first-order valence-electron chi connectivity index (χ1n) is 18.5. The number of azo groups is 2. The Labute approximate surface area is 381 Å². The minimum absolute atomic E-state index is 0.00510. The van der Waals surface area contributed by atoms with Gasteiger partial charge in [0.15, 0.2) is 5.37 Å². The Morgan fingerprint density at radius 3 is 1.66 bits per heavy atom. The number of hydrogen-bond donors (Lipinski definition) is 8. The van der Waals surface area contributed by atoms with Crippen molar-refractivity contribution in [2.45, 2.75) is 33.4 Å². The van der Waals surface area contributed by atoms with Crippen molar-refractivity contribution < 1.29 is 69.6 Å². The summed E-state index contributed by atoms with van der Waals surface area (Å²) in [6.07, 6.45) is -0.143. The molecule has 26 nitrogen and oxygen atoms in total. The lowest BCUT2D eigenvalue weighted by Crippen LogP contribution is -2.27. The van der Waals surface area contributed by atoms with E-state index in [4.69, 9.17) is 4.74 Å². The van der Waals surface area contributed by atoms with Gasteiger partial charge in [-0.2, -0.15) is 77.5 Å². The van der Waals surface area contributed by atoms with Gasteiger partial charge in [0.05, 0.1) is 50.6 Å². The third-order valence-electron chi connectivity index (χ3n) is 8.70. The predicted molar refractivity (Wildman–Crippen MR) is 239 cm³/mol. The Balaban J connectivity index is 1.26. The maximum Gasteiger partial charge on any atom is 0.295 e. The molecule has 1 heterocycles. The highest BCUT2D eigenvalue weighted by molar-refractivity contribution is 7.87. The van der Waals surface area contributed by atoms with Gasteiger partial charge in [0, 0.05) is 17.1 Å². The van der Waals surface area contributed by atoms with Gasteiger partial charge in [-0.05, 0) is 104 Å². The van der Waals surface area contributed by atoms with E-state index in [1.54, 1.807) is 0 Å². The molecule has 1 aromatic heterocycles. The maximum atomic E-state index is 12.0. The Bertz CT molecular complexity index is 3490. The van der Waals surface area contributed by atoms with Gasteiger partial charge in [0.1, 0.15) is 10.6 Å². The van der Waals surface area contributed by atoms with Gasteiger partial charge >= 0.3 is 0 Å². The van der Waals surface area contributed by atoms with Crippen molar-refractivity contribution in [3.05, 3.63) is 97.1 Å². The summed E-state index contributed by atoms with van der Waals surface area (Å²) in [5, 5.41) is 22.9. The van der Waals surface area contributed by atoms with Gasteiger partial charge in [-0.3, -0.25) is 22.8 Å². The summed E-state index contributed by atoms with van der Waals surface area (Å²) in [5.74, 6) is -1.35. The van der Waals surface area contributed by atoms with Crippen molar-refractivity contribution in [1.82, 2.24) is 15.0 Å². The molecule has 6 rings (SSSR count). The van der Waals surface area contributed by atoms with E-state index in [0.29, 0.717) is 11.8 Å². The molecule has 31 heteroatoms. The lowest BCUT2D eigenvalue weighted by Gasteiger charge is -2.16. The van der Waals surface area contributed by atoms with Crippen LogP contribution in [0.1, 0.15) is 13.3 Å². The van der Waals surface area contributed by atoms with Gasteiger partial charge in [0.2, 0.25) is 17.8 Å². The molecule has 0 saturated heterocycles. The molecule has 354 valence electrons. The summed E-state index contributed by atoms with van der Waals surface area (Å²) in [6, 6.07) is 20.6. The van der Waals surface area contributed by atoms with Crippen LogP contribution in [0.2, 0.25) is 0 Å². The number of ether oxygens (including phenoxy) is 1. The summed E-state index contributed by atoms with van der Waals surface area (Å²) < 4.78 is 170. The van der Waals surface area contributed by atoms with E-state index >= 15 is 0 Å². The summed E-state index contributed by atoms with van der Waals surface area (Å²) in [7, 11) is -23.2. The molecule has 0 spiro atoms. The highest BCUT2D eigenvalue weighted by Crippen LogP contribution is 2.34. The fourth-order valence-electron chi connectivity index (χ4n) is 5.52. The van der Waals surface area contributed by atoms with Crippen LogP contribution in [0, 0.1) is 0 Å². The predicted octanol–water partition coefficient (Wildman–Crippen LogP) is 6.39. The van der Waals surface area contributed by atoms with E-state index in [1.165, 1.54) is 72.8 Å². The number of hydrogen-bond acceptors (Lipinski definition) is 21. The fraction of sp³-hybridized carbons (Fsp3) is 0.139. The topological polar surface area (TPSA) is 405 Å². The first-order valence-corrected chi connectivity index (χ1v) is 25.9. The Morgan fingerprint density at radius 1 is 0.567 bits per heavy atom. The number of anilines is 5. The molecule has 0 amide bonds. The Kier molecular flexibility index (Phi) is 14.6. The zero-order valence-electron chi connectivity index (χ0n) is 33.8. The van der Waals surface area contributed by atoms with Gasteiger partial charge in [-0.15, -0.1) is 0 Å². The second kappa shape index (κ2) is 19.7. The molecule has 0 aliphatic heterocycles. The van der Waals surface area contributed by atoms with Crippen LogP contribution in [-0.4, -0.2) is 97.5 Å². The molecule has 67 heavy (non-hydrogen) atoms. The normalized spacial score (nSPS) is 13.2. The molecule has 8 N–H and O–H groups in total. The average molecular weight is 1020 g/mol. The standard InChI is InChI=1S/C36H34N10O16S5/c1-21(64(50,51)52)37-34-40-35(38-23-3-5-24(6-4-23)43-45-26-9-13-30-22(17-26)18-29(66(56,57)58)20-33(30)67(59,60)61)42-36(41-34)39-31-14-10-27(19-32(31)62-15-2-16-63(47,48)49)46-44-25-7-11-28(12-8-25)65(53,54)55/h3-14,17-21H,2,15-16H2,1H3,(H,47,48,49)(H,50,51,52)(H,53,54,55)(H,56,57,58)(H,59,60,61)(H3,37,38,39,40,41,42). The minimum Gasteiger partial charge on any atom is -0.491 e. The highest BCUT2D eigenvalue weighted by Gasteiger charge is 2.22. The van der Waals surface area contributed by atoms with Crippen LogP contribution in [0.25, 0.3) is 10.8 Å². The molecule has 0 radical (unpaired) electrons. The highest BCUT2D eigenvalue weighted by atomic mass is 32.2. The van der Waals surface area contributed by atoms with E-state index in [1.807, 2.05) is 0 Å². The van der Waals surface area contributed by atoms with Crippen molar-refractivity contribution in [1.29, 1.82) is 0 Å². The number of nitrogens with one attached hydrogen (secondary N) is 3. The fourth-order valence-corrected chi connectivity index (χ4v) is 8.10. The average Bonchev–Trinajstić information content (AvgIpc) is 3.22. The summed E-state index contributed by atoms with van der Waals surface area (Å²) >= 11 is 0. The van der Waals surface area contributed by atoms with E-state index in [-0.39, 0.29) is 80.7 Å². The van der Waals surface area contributed by atoms with E-state index in [2.05, 4.69) is 51.4 Å². The molecule has 5 aromatic carbocycles. The van der Waals surface area contributed by atoms with Crippen molar-refractivity contribution in [3.8, 4) is 5.75 Å². The number of fused-ring (bicyclic) bond motifs is 1. The van der Waals surface area contributed by atoms with Crippen LogP contribution in [0.4, 0.5) is 52.0 Å². The molecule has 0 fully saturated rings. The van der Waals surface area contributed by atoms with Crippen LogP contribution in [0.5, 0.6) is 5.75 Å². The molecule has 0 aliphatic rings. The smallest absolute Gasteiger partial charge is 0.295 e. The zero-order chi connectivity index (χ0) is 49.0. The van der Waals surface area contributed by atoms with Crippen LogP contribution in [0.15, 0.2) is 132 Å². The molecule has 1 unspecified atom stereocenters. The summed E-state index contributed by atoms with van der Waals surface area (Å²) in [4.78, 5) is 10.8. The van der Waals surface area contributed by atoms with Crippen molar-refractivity contribution in [2.24, 2.45) is 20.5 Å². The SMILES string of the molecule is CC(Nc1nc(Nc2ccc(N=Nc3ccc4c(S(=O)(=O)O)cc(S(=O)(=O)O)cc4c3)cc2)nc(Nc2ccc(N=Nc3ccc(S(=O)(=O)O)cc3)cc2OCCCS(=O)(=O)O)n1)S(=O)(=O)O. The number of nitrogens with zero attached hydrogens (tertiary/aromatic N) is 7. The summed E-state index contributed by atoms with van der Waals surface area (Å²) in [5.41, 5.74) is 1.28. The van der Waals surface area contributed by atoms with Gasteiger partial charge in [-0.25, -0.2) is 0 Å². The van der Waals surface area contributed by atoms with Crippen molar-refractivity contribution in [2.75, 3.05) is 28.3 Å². The number of rotatable bonds is 19. The first kappa shape index (κ1) is 49.7. The van der Waals surface area contributed by atoms with E-state index in [9.17, 15) is 64.9 Å². The molecular formula is C36H34N10O16S5. The van der Waals surface area contributed by atoms with Crippen LogP contribution >= 0.6 is 0 Å². The summed E-state index contributed by atoms with van der Waals surface area (Å²) in [6.45, 7) is 0.884. The van der Waals surface area contributed by atoms with Crippen molar-refractivity contribution in [3.63, 3.8) is 0 Å². The third-order valence-corrected chi connectivity index (χ3v) is 13.1. The maximum absolute atomic E-state index is 12.0. The third kappa shape index (κ3) is 14.2. The lowest BCUT2D eigenvalue weighted by molar-refractivity contribution is 0.317. The zero-order valence-corrected chi connectivity index (χ0v) is 37.9. The monoisotopic (exact) mass is 1020 g/mol. The first-order chi connectivity index (χ1) is 31.2. The Hall–Kier alpha value is -6.68. The van der Waals surface area contributed by atoms with E-state index < -0.39 is 71.5 Å². The van der Waals surface area contributed by atoms with Crippen molar-refractivity contribution >= 4 is 113 Å². The van der Waals surface area contributed by atoms with Crippen LogP contribution in [-0.2, 0) is 50.6 Å². The minimum atomic E-state index is -4.90. The van der Waals surface area contributed by atoms with E-state index in [0.717, 1.165) is 25.1 Å². The molecular weight excluding hydrogens is 989 g/mol. The molecule has 6 aromatic rings. The lowest BCUT2D eigenvalue weighted by atomic mass is 10.1. The molecule has 0 aliphatic carbocycles. The largest absolute Gasteiger partial charge is 0.491 e. The second-order valence-electron chi connectivity index (χ2n) is 13.7. The molecule has 0 saturated carbocycles. The van der Waals surface area contributed by atoms with Gasteiger partial charge < -0.3 is 20.7 Å². The van der Waals surface area contributed by atoms with Gasteiger partial charge in [0.25, 0.3) is 50.6 Å².